The molecule has 0 fully saturated rings. The molecule has 0 aliphatic carbocycles. The summed E-state index contributed by atoms with van der Waals surface area (Å²) < 4.78 is 5.25. The summed E-state index contributed by atoms with van der Waals surface area (Å²) in [4.78, 5) is 12.2. The molecule has 86 valence electrons. The van der Waals surface area contributed by atoms with Gasteiger partial charge in [-0.2, -0.15) is 0 Å². The van der Waals surface area contributed by atoms with E-state index in [1.54, 1.807) is 25.7 Å². The molecule has 2 aromatic rings. The van der Waals surface area contributed by atoms with E-state index in [4.69, 9.17) is 4.74 Å². The summed E-state index contributed by atoms with van der Waals surface area (Å²) in [6.45, 7) is 0.582. The molecule has 4 heteroatoms. The van der Waals surface area contributed by atoms with Crippen molar-refractivity contribution in [3.8, 4) is 5.75 Å². The summed E-state index contributed by atoms with van der Waals surface area (Å²) in [6, 6.07) is 7.84. The third kappa shape index (κ3) is 3.11. The molecule has 0 amide bonds. The molecule has 0 saturated heterocycles. The van der Waals surface area contributed by atoms with Crippen molar-refractivity contribution in [3.63, 3.8) is 0 Å². The molecule has 0 aliphatic heterocycles. The standard InChI is InChI=1S/C13H13N3O/c1-17-13-5-3-2-4-12(13)9-14-6-11-7-15-10-16-8-11/h2-8,10H,9H2,1H3. The van der Waals surface area contributed by atoms with Crippen molar-refractivity contribution in [2.24, 2.45) is 4.99 Å². The first-order chi connectivity index (χ1) is 8.40. The summed E-state index contributed by atoms with van der Waals surface area (Å²) in [5.41, 5.74) is 1.95. The largest absolute Gasteiger partial charge is 0.496 e. The maximum Gasteiger partial charge on any atom is 0.123 e. The molecule has 0 spiro atoms. The molecule has 2 rings (SSSR count). The molecule has 0 radical (unpaired) electrons. The zero-order valence-corrected chi connectivity index (χ0v) is 9.58. The first kappa shape index (κ1) is 11.3. The normalized spacial score (nSPS) is 10.6. The lowest BCUT2D eigenvalue weighted by Crippen LogP contribution is -1.91. The highest BCUT2D eigenvalue weighted by Crippen LogP contribution is 2.17. The zero-order chi connectivity index (χ0) is 11.9. The lowest BCUT2D eigenvalue weighted by atomic mass is 10.2. The van der Waals surface area contributed by atoms with Crippen LogP contribution < -0.4 is 4.74 Å². The van der Waals surface area contributed by atoms with Gasteiger partial charge in [-0.25, -0.2) is 9.97 Å². The van der Waals surface area contributed by atoms with Gasteiger partial charge in [0.05, 0.1) is 13.7 Å². The second-order valence-corrected chi connectivity index (χ2v) is 3.45. The number of ether oxygens (including phenoxy) is 1. The summed E-state index contributed by atoms with van der Waals surface area (Å²) in [5, 5.41) is 0. The first-order valence-corrected chi connectivity index (χ1v) is 5.27. The minimum absolute atomic E-state index is 0.582. The molecule has 0 unspecified atom stereocenters. The summed E-state index contributed by atoms with van der Waals surface area (Å²) in [5.74, 6) is 0.856. The maximum atomic E-state index is 5.25. The summed E-state index contributed by atoms with van der Waals surface area (Å²) in [7, 11) is 1.66. The third-order valence-corrected chi connectivity index (χ3v) is 2.28. The molecular formula is C13H13N3O. The monoisotopic (exact) mass is 227 g/mol. The molecule has 0 N–H and O–H groups in total. The number of aliphatic imine (C=N–C) groups is 1. The van der Waals surface area contributed by atoms with Gasteiger partial charge in [0.2, 0.25) is 0 Å². The second-order valence-electron chi connectivity index (χ2n) is 3.45. The van der Waals surface area contributed by atoms with Crippen molar-refractivity contribution in [1.82, 2.24) is 9.97 Å². The lowest BCUT2D eigenvalue weighted by Gasteiger charge is -2.04. The van der Waals surface area contributed by atoms with Gasteiger partial charge in [-0.3, -0.25) is 4.99 Å². The van der Waals surface area contributed by atoms with Crippen molar-refractivity contribution >= 4 is 6.21 Å². The minimum atomic E-state index is 0.582. The summed E-state index contributed by atoms with van der Waals surface area (Å²) >= 11 is 0. The van der Waals surface area contributed by atoms with E-state index >= 15 is 0 Å². The van der Waals surface area contributed by atoms with Gasteiger partial charge in [0, 0.05) is 29.7 Å². The van der Waals surface area contributed by atoms with Gasteiger partial charge in [-0.15, -0.1) is 0 Å². The van der Waals surface area contributed by atoms with Crippen molar-refractivity contribution in [3.05, 3.63) is 54.1 Å². The predicted molar refractivity (Wildman–Crippen MR) is 66.3 cm³/mol. The van der Waals surface area contributed by atoms with Crippen molar-refractivity contribution < 1.29 is 4.74 Å². The number of hydrogen-bond donors (Lipinski definition) is 0. The number of aromatic nitrogens is 2. The van der Waals surface area contributed by atoms with Gasteiger partial charge in [0.1, 0.15) is 12.1 Å². The van der Waals surface area contributed by atoms with Gasteiger partial charge in [0.25, 0.3) is 0 Å². The van der Waals surface area contributed by atoms with Crippen LogP contribution in [0.5, 0.6) is 5.75 Å². The van der Waals surface area contributed by atoms with E-state index in [0.717, 1.165) is 16.9 Å². The minimum Gasteiger partial charge on any atom is -0.496 e. The van der Waals surface area contributed by atoms with Crippen molar-refractivity contribution in [2.75, 3.05) is 7.11 Å². The van der Waals surface area contributed by atoms with E-state index < -0.39 is 0 Å². The molecule has 4 nitrogen and oxygen atoms in total. The van der Waals surface area contributed by atoms with Crippen molar-refractivity contribution in [2.45, 2.75) is 6.54 Å². The number of methoxy groups -OCH3 is 1. The molecule has 0 atom stereocenters. The van der Waals surface area contributed by atoms with Gasteiger partial charge < -0.3 is 4.74 Å². The highest BCUT2D eigenvalue weighted by Gasteiger charge is 1.98. The Morgan fingerprint density at radius 1 is 1.24 bits per heavy atom. The summed E-state index contributed by atoms with van der Waals surface area (Å²) in [6.07, 6.45) is 6.70. The number of nitrogens with zero attached hydrogens (tertiary/aromatic N) is 3. The fourth-order valence-electron chi connectivity index (χ4n) is 1.46. The zero-order valence-electron chi connectivity index (χ0n) is 9.58. The van der Waals surface area contributed by atoms with Crippen LogP contribution in [0.2, 0.25) is 0 Å². The van der Waals surface area contributed by atoms with Crippen molar-refractivity contribution in [1.29, 1.82) is 0 Å². The third-order valence-electron chi connectivity index (χ3n) is 2.28. The molecular weight excluding hydrogens is 214 g/mol. The van der Waals surface area contributed by atoms with Gasteiger partial charge >= 0.3 is 0 Å². The average molecular weight is 227 g/mol. The van der Waals surface area contributed by atoms with E-state index in [0.29, 0.717) is 6.54 Å². The van der Waals surface area contributed by atoms with E-state index in [2.05, 4.69) is 15.0 Å². The Labute approximate surface area is 100 Å². The van der Waals surface area contributed by atoms with E-state index in [1.165, 1.54) is 6.33 Å². The van der Waals surface area contributed by atoms with Crippen LogP contribution in [0.3, 0.4) is 0 Å². The quantitative estimate of drug-likeness (QED) is 0.751. The van der Waals surface area contributed by atoms with Gasteiger partial charge in [-0.1, -0.05) is 18.2 Å². The smallest absolute Gasteiger partial charge is 0.123 e. The average Bonchev–Trinajstić information content (AvgIpc) is 2.40. The Morgan fingerprint density at radius 2 is 2.00 bits per heavy atom. The van der Waals surface area contributed by atoms with Crippen LogP contribution in [0.1, 0.15) is 11.1 Å². The number of rotatable bonds is 4. The fraction of sp³-hybridized carbons (Fsp3) is 0.154. The molecule has 17 heavy (non-hydrogen) atoms. The molecule has 0 aliphatic rings. The Bertz CT molecular complexity index is 497. The highest BCUT2D eigenvalue weighted by molar-refractivity contribution is 5.78. The SMILES string of the molecule is COc1ccccc1CN=Cc1cncnc1. The second kappa shape index (κ2) is 5.75. The molecule has 0 saturated carbocycles. The molecule has 1 aromatic carbocycles. The Hall–Kier alpha value is -2.23. The van der Waals surface area contributed by atoms with Gasteiger partial charge in [-0.05, 0) is 6.07 Å². The lowest BCUT2D eigenvalue weighted by molar-refractivity contribution is 0.410. The van der Waals surface area contributed by atoms with Crippen LogP contribution in [-0.4, -0.2) is 23.3 Å². The Kier molecular flexibility index (Phi) is 3.81. The Morgan fingerprint density at radius 3 is 2.76 bits per heavy atom. The topological polar surface area (TPSA) is 47.4 Å². The predicted octanol–water partition coefficient (Wildman–Crippen LogP) is 2.10. The van der Waals surface area contributed by atoms with Crippen LogP contribution in [-0.2, 0) is 6.54 Å². The maximum absolute atomic E-state index is 5.25. The number of benzene rings is 1. The van der Waals surface area contributed by atoms with Crippen LogP contribution in [0.4, 0.5) is 0 Å². The first-order valence-electron chi connectivity index (χ1n) is 5.27. The van der Waals surface area contributed by atoms with Gasteiger partial charge in [0.15, 0.2) is 0 Å². The van der Waals surface area contributed by atoms with Crippen LogP contribution in [0.15, 0.2) is 48.0 Å². The molecule has 1 heterocycles. The highest BCUT2D eigenvalue weighted by atomic mass is 16.5. The Balaban J connectivity index is 2.05. The van der Waals surface area contributed by atoms with E-state index in [-0.39, 0.29) is 0 Å². The molecule has 1 aromatic heterocycles. The number of hydrogen-bond acceptors (Lipinski definition) is 4. The van der Waals surface area contributed by atoms with E-state index in [1.807, 2.05) is 24.3 Å². The fourth-order valence-corrected chi connectivity index (χ4v) is 1.46. The van der Waals surface area contributed by atoms with E-state index in [9.17, 15) is 0 Å². The van der Waals surface area contributed by atoms with Crippen LogP contribution >= 0.6 is 0 Å². The molecule has 0 bridgehead atoms. The van der Waals surface area contributed by atoms with Crippen LogP contribution in [0.25, 0.3) is 0 Å². The van der Waals surface area contributed by atoms with Crippen LogP contribution in [0, 0.1) is 0 Å². The number of para-hydroxylation sites is 1.